The molecule has 0 bridgehead atoms. The molecule has 2 nitrogen and oxygen atoms in total. The van der Waals surface area contributed by atoms with Gasteiger partial charge in [-0.3, -0.25) is 0 Å². The molecule has 0 aromatic heterocycles. The lowest BCUT2D eigenvalue weighted by molar-refractivity contribution is 0.208. The standard InChI is InChI=1S/C21H28N2/c1-4-20(5-2)19-13-18(23)10-7-15(19)14-21(20,6-3)16-8-11-17(22)12-9-16/h7-13H,4-6,14,22-23H2,1-3H3. The third kappa shape index (κ3) is 2.08. The molecule has 1 atom stereocenters. The number of nitrogens with two attached hydrogens (primary N) is 2. The van der Waals surface area contributed by atoms with Crippen LogP contribution in [0, 0.1) is 0 Å². The number of anilines is 2. The quantitative estimate of drug-likeness (QED) is 0.796. The van der Waals surface area contributed by atoms with E-state index in [-0.39, 0.29) is 10.8 Å². The first-order valence-corrected chi connectivity index (χ1v) is 8.78. The van der Waals surface area contributed by atoms with Gasteiger partial charge in [0.05, 0.1) is 0 Å². The summed E-state index contributed by atoms with van der Waals surface area (Å²) < 4.78 is 0. The Labute approximate surface area is 139 Å². The summed E-state index contributed by atoms with van der Waals surface area (Å²) >= 11 is 0. The van der Waals surface area contributed by atoms with Crippen molar-refractivity contribution in [3.05, 3.63) is 59.2 Å². The van der Waals surface area contributed by atoms with E-state index >= 15 is 0 Å². The zero-order valence-corrected chi connectivity index (χ0v) is 14.5. The molecule has 3 rings (SSSR count). The van der Waals surface area contributed by atoms with Crippen LogP contribution in [0.1, 0.15) is 56.7 Å². The van der Waals surface area contributed by atoms with Gasteiger partial charge in [-0.15, -0.1) is 0 Å². The van der Waals surface area contributed by atoms with Gasteiger partial charge in [0.2, 0.25) is 0 Å². The molecule has 0 heterocycles. The highest BCUT2D eigenvalue weighted by molar-refractivity contribution is 5.57. The Morgan fingerprint density at radius 2 is 1.43 bits per heavy atom. The molecular weight excluding hydrogens is 280 g/mol. The largest absolute Gasteiger partial charge is 0.399 e. The summed E-state index contributed by atoms with van der Waals surface area (Å²) in [6.45, 7) is 6.97. The number of nitrogen functional groups attached to an aromatic ring is 2. The van der Waals surface area contributed by atoms with Crippen molar-refractivity contribution >= 4 is 11.4 Å². The Hall–Kier alpha value is -1.96. The molecule has 0 radical (unpaired) electrons. The Bertz CT molecular complexity index is 698. The van der Waals surface area contributed by atoms with Gasteiger partial charge in [0, 0.05) is 22.2 Å². The SMILES string of the molecule is CCC1(c2ccc(N)cc2)Cc2ccc(N)cc2C1(CC)CC. The van der Waals surface area contributed by atoms with Gasteiger partial charge in [0.25, 0.3) is 0 Å². The molecule has 1 unspecified atom stereocenters. The van der Waals surface area contributed by atoms with Crippen LogP contribution in [0.2, 0.25) is 0 Å². The Morgan fingerprint density at radius 3 is 2.00 bits per heavy atom. The zero-order chi connectivity index (χ0) is 16.7. The van der Waals surface area contributed by atoms with E-state index in [1.54, 1.807) is 0 Å². The van der Waals surface area contributed by atoms with Crippen LogP contribution < -0.4 is 11.5 Å². The molecule has 0 fully saturated rings. The minimum absolute atomic E-state index is 0.125. The average molecular weight is 308 g/mol. The van der Waals surface area contributed by atoms with E-state index in [1.165, 1.54) is 16.7 Å². The molecule has 4 N–H and O–H groups in total. The minimum Gasteiger partial charge on any atom is -0.399 e. The average Bonchev–Trinajstić information content (AvgIpc) is 2.85. The van der Waals surface area contributed by atoms with Crippen LogP contribution in [0.3, 0.4) is 0 Å². The molecule has 0 saturated heterocycles. The normalized spacial score (nSPS) is 22.0. The van der Waals surface area contributed by atoms with Gasteiger partial charge in [-0.05, 0) is 66.6 Å². The van der Waals surface area contributed by atoms with Gasteiger partial charge >= 0.3 is 0 Å². The molecule has 23 heavy (non-hydrogen) atoms. The number of benzene rings is 2. The number of hydrogen-bond donors (Lipinski definition) is 2. The number of hydrogen-bond acceptors (Lipinski definition) is 2. The molecule has 2 aromatic carbocycles. The summed E-state index contributed by atoms with van der Waals surface area (Å²) in [5.41, 5.74) is 18.4. The molecule has 2 aromatic rings. The second kappa shape index (κ2) is 5.59. The summed E-state index contributed by atoms with van der Waals surface area (Å²) in [7, 11) is 0. The van der Waals surface area contributed by atoms with Gasteiger partial charge < -0.3 is 11.5 Å². The topological polar surface area (TPSA) is 52.0 Å². The second-order valence-corrected chi connectivity index (χ2v) is 6.94. The molecule has 0 saturated carbocycles. The van der Waals surface area contributed by atoms with Gasteiger partial charge in [-0.2, -0.15) is 0 Å². The van der Waals surface area contributed by atoms with Crippen molar-refractivity contribution in [2.45, 2.75) is 57.3 Å². The van der Waals surface area contributed by atoms with E-state index in [0.717, 1.165) is 37.1 Å². The van der Waals surface area contributed by atoms with Crippen molar-refractivity contribution in [3.8, 4) is 0 Å². The maximum absolute atomic E-state index is 6.13. The molecule has 2 heteroatoms. The van der Waals surface area contributed by atoms with Crippen LogP contribution in [0.25, 0.3) is 0 Å². The van der Waals surface area contributed by atoms with E-state index in [0.29, 0.717) is 0 Å². The fourth-order valence-corrected chi connectivity index (χ4v) is 5.10. The second-order valence-electron chi connectivity index (χ2n) is 6.94. The predicted octanol–water partition coefficient (Wildman–Crippen LogP) is 4.81. The summed E-state index contributed by atoms with van der Waals surface area (Å²) in [4.78, 5) is 0. The molecule has 122 valence electrons. The number of rotatable bonds is 4. The van der Waals surface area contributed by atoms with Crippen molar-refractivity contribution in [1.29, 1.82) is 0 Å². The van der Waals surface area contributed by atoms with Crippen molar-refractivity contribution < 1.29 is 0 Å². The van der Waals surface area contributed by atoms with Gasteiger partial charge in [0.15, 0.2) is 0 Å². The first-order valence-electron chi connectivity index (χ1n) is 8.78. The first kappa shape index (κ1) is 15.9. The third-order valence-electron chi connectivity index (χ3n) is 6.33. The Kier molecular flexibility index (Phi) is 3.87. The molecular formula is C21H28N2. The third-order valence-corrected chi connectivity index (χ3v) is 6.33. The number of fused-ring (bicyclic) bond motifs is 1. The highest BCUT2D eigenvalue weighted by Gasteiger charge is 2.55. The van der Waals surface area contributed by atoms with Crippen LogP contribution >= 0.6 is 0 Å². The molecule has 1 aliphatic rings. The van der Waals surface area contributed by atoms with E-state index in [4.69, 9.17) is 11.5 Å². The molecule has 1 aliphatic carbocycles. The van der Waals surface area contributed by atoms with E-state index < -0.39 is 0 Å². The summed E-state index contributed by atoms with van der Waals surface area (Å²) in [6, 6.07) is 15.0. The van der Waals surface area contributed by atoms with Crippen LogP contribution in [-0.4, -0.2) is 0 Å². The summed E-state index contributed by atoms with van der Waals surface area (Å²) in [5, 5.41) is 0. The van der Waals surface area contributed by atoms with Crippen LogP contribution in [0.15, 0.2) is 42.5 Å². The highest BCUT2D eigenvalue weighted by Crippen LogP contribution is 2.58. The van der Waals surface area contributed by atoms with Crippen molar-refractivity contribution in [2.24, 2.45) is 0 Å². The smallest absolute Gasteiger partial charge is 0.0317 e. The lowest BCUT2D eigenvalue weighted by Crippen LogP contribution is -2.45. The van der Waals surface area contributed by atoms with Gasteiger partial charge in [0.1, 0.15) is 0 Å². The maximum Gasteiger partial charge on any atom is 0.0317 e. The molecule has 0 aliphatic heterocycles. The Morgan fingerprint density at radius 1 is 0.826 bits per heavy atom. The van der Waals surface area contributed by atoms with E-state index in [9.17, 15) is 0 Å². The van der Waals surface area contributed by atoms with Crippen LogP contribution in [0.4, 0.5) is 11.4 Å². The minimum atomic E-state index is 0.125. The van der Waals surface area contributed by atoms with Gasteiger partial charge in [-0.25, -0.2) is 0 Å². The lowest BCUT2D eigenvalue weighted by Gasteiger charge is -2.46. The van der Waals surface area contributed by atoms with Gasteiger partial charge in [-0.1, -0.05) is 39.0 Å². The summed E-state index contributed by atoms with van der Waals surface area (Å²) in [6.07, 6.45) is 4.45. The zero-order valence-electron chi connectivity index (χ0n) is 14.5. The Balaban J connectivity index is 2.26. The molecule has 0 amide bonds. The van der Waals surface area contributed by atoms with Crippen molar-refractivity contribution in [1.82, 2.24) is 0 Å². The monoisotopic (exact) mass is 308 g/mol. The van der Waals surface area contributed by atoms with E-state index in [1.807, 2.05) is 18.2 Å². The fraction of sp³-hybridized carbons (Fsp3) is 0.429. The van der Waals surface area contributed by atoms with Crippen molar-refractivity contribution in [3.63, 3.8) is 0 Å². The predicted molar refractivity (Wildman–Crippen MR) is 99.6 cm³/mol. The van der Waals surface area contributed by atoms with E-state index in [2.05, 4.69) is 45.0 Å². The van der Waals surface area contributed by atoms with Crippen molar-refractivity contribution in [2.75, 3.05) is 11.5 Å². The van der Waals surface area contributed by atoms with Crippen LogP contribution in [-0.2, 0) is 17.3 Å². The lowest BCUT2D eigenvalue weighted by atomic mass is 9.56. The molecule has 0 spiro atoms. The maximum atomic E-state index is 6.13. The highest BCUT2D eigenvalue weighted by atomic mass is 14.6. The first-order chi connectivity index (χ1) is 11.0. The fourth-order valence-electron chi connectivity index (χ4n) is 5.10. The summed E-state index contributed by atoms with van der Waals surface area (Å²) in [5.74, 6) is 0. The van der Waals surface area contributed by atoms with Crippen LogP contribution in [0.5, 0.6) is 0 Å².